The second-order valence-electron chi connectivity index (χ2n) is 7.10. The normalized spacial score (nSPS) is 20.9. The van der Waals surface area contributed by atoms with Gasteiger partial charge in [-0.15, -0.1) is 0 Å². The topological polar surface area (TPSA) is 61.9 Å². The summed E-state index contributed by atoms with van der Waals surface area (Å²) in [5, 5.41) is 3.37. The van der Waals surface area contributed by atoms with Crippen LogP contribution in [0.4, 0.5) is 0 Å². The van der Waals surface area contributed by atoms with Gasteiger partial charge in [0.05, 0.1) is 16.6 Å². The van der Waals surface area contributed by atoms with Gasteiger partial charge < -0.3 is 15.0 Å². The Morgan fingerprint density at radius 2 is 1.93 bits per heavy atom. The average Bonchev–Trinajstić information content (AvgIpc) is 3.18. The fourth-order valence-corrected chi connectivity index (χ4v) is 4.00. The van der Waals surface area contributed by atoms with Crippen LogP contribution in [0.5, 0.6) is 0 Å². The first-order valence-corrected chi connectivity index (χ1v) is 10.0. The molecule has 2 saturated heterocycles. The van der Waals surface area contributed by atoms with Crippen LogP contribution in [-0.4, -0.2) is 73.6 Å². The van der Waals surface area contributed by atoms with Crippen molar-refractivity contribution in [3.8, 4) is 0 Å². The zero-order chi connectivity index (χ0) is 19.4. The number of likely N-dealkylation sites (tertiary alicyclic amines) is 1. The van der Waals surface area contributed by atoms with Crippen molar-refractivity contribution >= 4 is 35.0 Å². The monoisotopic (exact) mass is 413 g/mol. The summed E-state index contributed by atoms with van der Waals surface area (Å²) in [6.45, 7) is 3.03. The molecule has 6 nitrogen and oxygen atoms in total. The van der Waals surface area contributed by atoms with Gasteiger partial charge in [-0.2, -0.15) is 0 Å². The van der Waals surface area contributed by atoms with Crippen molar-refractivity contribution in [2.75, 3.05) is 39.9 Å². The Morgan fingerprint density at radius 1 is 1.19 bits per heavy atom. The van der Waals surface area contributed by atoms with E-state index in [9.17, 15) is 9.59 Å². The molecule has 1 aromatic rings. The highest BCUT2D eigenvalue weighted by atomic mass is 35.5. The lowest BCUT2D eigenvalue weighted by Gasteiger charge is -2.35. The van der Waals surface area contributed by atoms with Gasteiger partial charge in [-0.25, -0.2) is 0 Å². The lowest BCUT2D eigenvalue weighted by molar-refractivity contribution is -0.129. The van der Waals surface area contributed by atoms with E-state index in [1.165, 1.54) is 6.07 Å². The summed E-state index contributed by atoms with van der Waals surface area (Å²) in [7, 11) is 2.14. The third kappa shape index (κ3) is 5.13. The number of ether oxygens (including phenoxy) is 1. The fourth-order valence-electron chi connectivity index (χ4n) is 3.70. The highest BCUT2D eigenvalue weighted by molar-refractivity contribution is 6.42. The maximum absolute atomic E-state index is 12.5. The fraction of sp³-hybridized carbons (Fsp3) is 0.579. The molecule has 1 unspecified atom stereocenters. The number of hydrogen-bond acceptors (Lipinski definition) is 4. The Balaban J connectivity index is 1.47. The van der Waals surface area contributed by atoms with Crippen LogP contribution in [0.25, 0.3) is 0 Å². The molecule has 0 spiro atoms. The zero-order valence-corrected chi connectivity index (χ0v) is 16.9. The number of nitrogens with one attached hydrogen (secondary N) is 1. The molecule has 2 heterocycles. The van der Waals surface area contributed by atoms with Gasteiger partial charge in [0.2, 0.25) is 5.91 Å². The first kappa shape index (κ1) is 20.4. The molecular formula is C19H25Cl2N3O3. The maximum Gasteiger partial charge on any atom is 0.251 e. The largest absolute Gasteiger partial charge is 0.381 e. The Hall–Kier alpha value is -1.34. The molecule has 8 heteroatoms. The molecule has 0 bridgehead atoms. The van der Waals surface area contributed by atoms with E-state index in [-0.39, 0.29) is 18.4 Å². The number of halogens is 2. The van der Waals surface area contributed by atoms with Crippen molar-refractivity contribution in [3.05, 3.63) is 33.8 Å². The molecule has 1 N–H and O–H groups in total. The minimum Gasteiger partial charge on any atom is -0.381 e. The van der Waals surface area contributed by atoms with Crippen LogP contribution in [0.15, 0.2) is 18.2 Å². The SMILES string of the molecule is CN(C1CCOCC1)C1CCN(C(=O)CNC(=O)c2ccc(Cl)c(Cl)c2)C1. The molecule has 0 aliphatic carbocycles. The molecule has 3 rings (SSSR count). The number of benzene rings is 1. The van der Waals surface area contributed by atoms with Crippen LogP contribution >= 0.6 is 23.2 Å². The van der Waals surface area contributed by atoms with E-state index in [2.05, 4.69) is 17.3 Å². The van der Waals surface area contributed by atoms with Gasteiger partial charge >= 0.3 is 0 Å². The van der Waals surface area contributed by atoms with Crippen molar-refractivity contribution in [3.63, 3.8) is 0 Å². The molecule has 0 saturated carbocycles. The van der Waals surface area contributed by atoms with Crippen molar-refractivity contribution < 1.29 is 14.3 Å². The first-order chi connectivity index (χ1) is 13.0. The van der Waals surface area contributed by atoms with E-state index in [1.807, 2.05) is 4.90 Å². The molecule has 2 aliphatic heterocycles. The van der Waals surface area contributed by atoms with Crippen LogP contribution in [0.2, 0.25) is 10.0 Å². The number of amides is 2. The van der Waals surface area contributed by atoms with Crippen LogP contribution < -0.4 is 5.32 Å². The molecule has 2 fully saturated rings. The summed E-state index contributed by atoms with van der Waals surface area (Å²) < 4.78 is 5.43. The van der Waals surface area contributed by atoms with Crippen LogP contribution in [-0.2, 0) is 9.53 Å². The lowest BCUT2D eigenvalue weighted by atomic mass is 10.1. The van der Waals surface area contributed by atoms with Crippen LogP contribution in [0.3, 0.4) is 0 Å². The van der Waals surface area contributed by atoms with Gasteiger partial charge in [-0.1, -0.05) is 23.2 Å². The standard InChI is InChI=1S/C19H25Cl2N3O3/c1-23(14-5-8-27-9-6-14)15-4-7-24(12-15)18(25)11-22-19(26)13-2-3-16(20)17(21)10-13/h2-3,10,14-15H,4-9,11-12H2,1H3,(H,22,26). The first-order valence-electron chi connectivity index (χ1n) is 9.26. The summed E-state index contributed by atoms with van der Waals surface area (Å²) >= 11 is 11.8. The molecule has 1 aromatic carbocycles. The summed E-state index contributed by atoms with van der Waals surface area (Å²) in [5.74, 6) is -0.400. The lowest BCUT2D eigenvalue weighted by Crippen LogP contribution is -2.45. The van der Waals surface area contributed by atoms with E-state index in [4.69, 9.17) is 27.9 Å². The Morgan fingerprint density at radius 3 is 2.63 bits per heavy atom. The molecule has 0 radical (unpaired) electrons. The summed E-state index contributed by atoms with van der Waals surface area (Å²) in [5.41, 5.74) is 0.385. The predicted molar refractivity (Wildman–Crippen MR) is 105 cm³/mol. The molecule has 2 amide bonds. The van der Waals surface area contributed by atoms with E-state index in [1.54, 1.807) is 12.1 Å². The van der Waals surface area contributed by atoms with Gasteiger partial charge in [-0.05, 0) is 44.5 Å². The molecule has 2 aliphatic rings. The van der Waals surface area contributed by atoms with Gasteiger partial charge in [0.1, 0.15) is 0 Å². The second-order valence-corrected chi connectivity index (χ2v) is 7.92. The average molecular weight is 414 g/mol. The minimum absolute atomic E-state index is 0.0210. The zero-order valence-electron chi connectivity index (χ0n) is 15.4. The Kier molecular flexibility index (Phi) is 6.98. The molecule has 27 heavy (non-hydrogen) atoms. The molecule has 1 atom stereocenters. The van der Waals surface area contributed by atoms with E-state index >= 15 is 0 Å². The van der Waals surface area contributed by atoms with Gasteiger partial charge in [0, 0.05) is 44.0 Å². The number of rotatable bonds is 5. The van der Waals surface area contributed by atoms with Gasteiger partial charge in [0.25, 0.3) is 5.91 Å². The Labute approximate surface area is 169 Å². The summed E-state index contributed by atoms with van der Waals surface area (Å²) in [6.07, 6.45) is 3.04. The van der Waals surface area contributed by atoms with Crippen LogP contribution in [0, 0.1) is 0 Å². The number of carbonyl (C=O) groups excluding carboxylic acids is 2. The summed E-state index contributed by atoms with van der Waals surface area (Å²) in [4.78, 5) is 28.9. The third-order valence-corrected chi connectivity index (χ3v) is 6.18. The molecule has 0 aromatic heterocycles. The highest BCUT2D eigenvalue weighted by Gasteiger charge is 2.32. The maximum atomic E-state index is 12.5. The van der Waals surface area contributed by atoms with E-state index < -0.39 is 0 Å². The second kappa shape index (κ2) is 9.24. The number of nitrogens with zero attached hydrogens (tertiary/aromatic N) is 2. The smallest absolute Gasteiger partial charge is 0.251 e. The minimum atomic E-state index is -0.336. The van der Waals surface area contributed by atoms with Crippen LogP contribution in [0.1, 0.15) is 29.6 Å². The van der Waals surface area contributed by atoms with Crippen molar-refractivity contribution in [2.45, 2.75) is 31.3 Å². The number of carbonyl (C=O) groups is 2. The summed E-state index contributed by atoms with van der Waals surface area (Å²) in [6, 6.07) is 5.54. The quantitative estimate of drug-likeness (QED) is 0.804. The Bertz CT molecular complexity index is 695. The van der Waals surface area contributed by atoms with Crippen molar-refractivity contribution in [2.24, 2.45) is 0 Å². The number of likely N-dealkylation sites (N-methyl/N-ethyl adjacent to an activating group) is 1. The molecular weight excluding hydrogens is 389 g/mol. The van der Waals surface area contributed by atoms with Crippen molar-refractivity contribution in [1.82, 2.24) is 15.1 Å². The van der Waals surface area contributed by atoms with Crippen molar-refractivity contribution in [1.29, 1.82) is 0 Å². The van der Waals surface area contributed by atoms with Gasteiger partial charge in [-0.3, -0.25) is 14.5 Å². The van der Waals surface area contributed by atoms with E-state index in [0.29, 0.717) is 34.2 Å². The third-order valence-electron chi connectivity index (χ3n) is 5.44. The molecule has 148 valence electrons. The number of hydrogen-bond donors (Lipinski definition) is 1. The predicted octanol–water partition coefficient (Wildman–Crippen LogP) is 2.43. The highest BCUT2D eigenvalue weighted by Crippen LogP contribution is 2.23. The van der Waals surface area contributed by atoms with E-state index in [0.717, 1.165) is 39.0 Å². The van der Waals surface area contributed by atoms with Gasteiger partial charge in [0.15, 0.2) is 0 Å².